The number of rotatable bonds is 6. The van der Waals surface area contributed by atoms with Gasteiger partial charge in [-0.15, -0.1) is 0 Å². The van der Waals surface area contributed by atoms with Crippen LogP contribution in [0, 0.1) is 5.82 Å². The van der Waals surface area contributed by atoms with Crippen LogP contribution < -0.4 is 9.64 Å². The quantitative estimate of drug-likeness (QED) is 0.716. The number of hydrogen-bond acceptors (Lipinski definition) is 4. The second-order valence-corrected chi connectivity index (χ2v) is 6.62. The van der Waals surface area contributed by atoms with Crippen molar-refractivity contribution < 1.29 is 13.9 Å². The fourth-order valence-corrected chi connectivity index (χ4v) is 3.33. The van der Waals surface area contributed by atoms with Gasteiger partial charge in [-0.3, -0.25) is 9.69 Å². The molecule has 26 heavy (non-hydrogen) atoms. The Bertz CT molecular complexity index is 776. The average Bonchev–Trinajstić information content (AvgIpc) is 2.65. The highest BCUT2D eigenvalue weighted by Crippen LogP contribution is 2.26. The van der Waals surface area contributed by atoms with Crippen molar-refractivity contribution in [1.29, 1.82) is 0 Å². The molecule has 0 radical (unpaired) electrons. The predicted octanol–water partition coefficient (Wildman–Crippen LogP) is 3.88. The Morgan fingerprint density at radius 2 is 1.88 bits per heavy atom. The maximum Gasteiger partial charge on any atom is 0.176 e. The van der Waals surface area contributed by atoms with E-state index in [1.54, 1.807) is 30.3 Å². The number of carbonyl (C=O) groups excluding carboxylic acids is 1. The minimum atomic E-state index is -0.207. The van der Waals surface area contributed by atoms with Crippen LogP contribution in [0.5, 0.6) is 5.75 Å². The van der Waals surface area contributed by atoms with Gasteiger partial charge in [0, 0.05) is 31.7 Å². The molecule has 0 atom stereocenters. The fraction of sp³-hybridized carbons (Fsp3) is 0.350. The first-order valence-electron chi connectivity index (χ1n) is 8.76. The number of ketones is 1. The summed E-state index contributed by atoms with van der Waals surface area (Å²) < 4.78 is 19.3. The van der Waals surface area contributed by atoms with Crippen molar-refractivity contribution in [3.05, 3.63) is 58.9 Å². The summed E-state index contributed by atoms with van der Waals surface area (Å²) in [5.74, 6) is 0.402. The van der Waals surface area contributed by atoms with Crippen LogP contribution in [0.4, 0.5) is 10.1 Å². The Morgan fingerprint density at radius 1 is 1.15 bits per heavy atom. The third-order valence-electron chi connectivity index (χ3n) is 4.49. The van der Waals surface area contributed by atoms with Crippen molar-refractivity contribution in [2.24, 2.45) is 0 Å². The molecule has 1 fully saturated rings. The van der Waals surface area contributed by atoms with E-state index < -0.39 is 0 Å². The van der Waals surface area contributed by atoms with Crippen LogP contribution in [0.3, 0.4) is 0 Å². The van der Waals surface area contributed by atoms with Gasteiger partial charge < -0.3 is 9.64 Å². The number of Topliss-reactive ketones (excluding diaryl/α,β-unsaturated/α-hetero) is 1. The van der Waals surface area contributed by atoms with E-state index >= 15 is 0 Å². The van der Waals surface area contributed by atoms with E-state index in [1.807, 2.05) is 17.9 Å². The lowest BCUT2D eigenvalue weighted by Crippen LogP contribution is -2.48. The number of benzene rings is 2. The lowest BCUT2D eigenvalue weighted by Gasteiger charge is -2.35. The molecule has 0 N–H and O–H groups in total. The number of ether oxygens (including phenoxy) is 1. The molecule has 0 bridgehead atoms. The van der Waals surface area contributed by atoms with Crippen LogP contribution in [-0.4, -0.2) is 50.0 Å². The van der Waals surface area contributed by atoms with Crippen molar-refractivity contribution in [3.8, 4) is 5.75 Å². The third kappa shape index (κ3) is 4.34. The molecule has 2 aromatic carbocycles. The predicted molar refractivity (Wildman–Crippen MR) is 102 cm³/mol. The van der Waals surface area contributed by atoms with E-state index in [1.165, 1.54) is 6.07 Å². The fourth-order valence-electron chi connectivity index (χ4n) is 3.10. The van der Waals surface area contributed by atoms with E-state index in [0.717, 1.165) is 0 Å². The molecule has 3 rings (SSSR count). The van der Waals surface area contributed by atoms with Crippen LogP contribution in [0.1, 0.15) is 17.3 Å². The number of halogens is 2. The Balaban J connectivity index is 1.57. The van der Waals surface area contributed by atoms with Crippen molar-refractivity contribution in [1.82, 2.24) is 4.90 Å². The second-order valence-electron chi connectivity index (χ2n) is 6.22. The molecule has 138 valence electrons. The highest BCUT2D eigenvalue weighted by atomic mass is 35.5. The van der Waals surface area contributed by atoms with Gasteiger partial charge in [0.25, 0.3) is 0 Å². The molecule has 4 nitrogen and oxygen atoms in total. The Labute approximate surface area is 158 Å². The zero-order valence-corrected chi connectivity index (χ0v) is 15.5. The monoisotopic (exact) mass is 376 g/mol. The number of carbonyl (C=O) groups is 1. The zero-order chi connectivity index (χ0) is 18.5. The van der Waals surface area contributed by atoms with E-state index in [-0.39, 0.29) is 11.6 Å². The molecule has 1 saturated heterocycles. The van der Waals surface area contributed by atoms with Gasteiger partial charge in [0.05, 0.1) is 23.9 Å². The van der Waals surface area contributed by atoms with Crippen LogP contribution in [0.2, 0.25) is 5.02 Å². The molecule has 0 aliphatic carbocycles. The normalized spacial score (nSPS) is 15.1. The number of anilines is 1. The number of para-hydroxylation sites is 1. The van der Waals surface area contributed by atoms with Crippen molar-refractivity contribution in [2.75, 3.05) is 44.2 Å². The summed E-state index contributed by atoms with van der Waals surface area (Å²) in [7, 11) is 0. The Morgan fingerprint density at radius 3 is 2.54 bits per heavy atom. The molecular formula is C20H22ClFN2O2. The SMILES string of the molecule is CCOc1ccc(C(=O)CN2CCN(c3ccccc3F)CC2)cc1Cl. The summed E-state index contributed by atoms with van der Waals surface area (Å²) in [4.78, 5) is 16.6. The highest BCUT2D eigenvalue weighted by Gasteiger charge is 2.21. The smallest absolute Gasteiger partial charge is 0.176 e. The van der Waals surface area contributed by atoms with E-state index in [9.17, 15) is 9.18 Å². The van der Waals surface area contributed by atoms with Crippen LogP contribution in [0.15, 0.2) is 42.5 Å². The van der Waals surface area contributed by atoms with E-state index in [4.69, 9.17) is 16.3 Å². The molecule has 0 spiro atoms. The molecule has 0 unspecified atom stereocenters. The molecule has 0 amide bonds. The maximum atomic E-state index is 13.9. The topological polar surface area (TPSA) is 32.8 Å². The summed E-state index contributed by atoms with van der Waals surface area (Å²) >= 11 is 6.16. The first-order valence-corrected chi connectivity index (χ1v) is 9.13. The van der Waals surface area contributed by atoms with Gasteiger partial charge in [0.1, 0.15) is 11.6 Å². The Kier molecular flexibility index (Phi) is 6.12. The minimum Gasteiger partial charge on any atom is -0.492 e. The van der Waals surface area contributed by atoms with Gasteiger partial charge in [-0.1, -0.05) is 23.7 Å². The number of piperazine rings is 1. The molecule has 0 aromatic heterocycles. The largest absolute Gasteiger partial charge is 0.492 e. The van der Waals surface area contributed by atoms with Crippen LogP contribution in [-0.2, 0) is 0 Å². The first-order chi connectivity index (χ1) is 12.6. The van der Waals surface area contributed by atoms with Gasteiger partial charge in [-0.05, 0) is 37.3 Å². The number of hydrogen-bond donors (Lipinski definition) is 0. The van der Waals surface area contributed by atoms with E-state index in [0.29, 0.717) is 61.4 Å². The highest BCUT2D eigenvalue weighted by molar-refractivity contribution is 6.32. The summed E-state index contributed by atoms with van der Waals surface area (Å²) in [6.07, 6.45) is 0. The first kappa shape index (κ1) is 18.7. The average molecular weight is 377 g/mol. The second kappa shape index (κ2) is 8.52. The van der Waals surface area contributed by atoms with Gasteiger partial charge >= 0.3 is 0 Å². The molecule has 0 saturated carbocycles. The lowest BCUT2D eigenvalue weighted by molar-refractivity contribution is 0.0926. The molecule has 2 aromatic rings. The van der Waals surface area contributed by atoms with Gasteiger partial charge in [0.2, 0.25) is 0 Å². The van der Waals surface area contributed by atoms with Gasteiger partial charge in [-0.2, -0.15) is 0 Å². The molecule has 1 aliphatic rings. The minimum absolute atomic E-state index is 0.0225. The summed E-state index contributed by atoms with van der Waals surface area (Å²) in [6.45, 7) is 5.55. The molecular weight excluding hydrogens is 355 g/mol. The Hall–Kier alpha value is -2.11. The summed E-state index contributed by atoms with van der Waals surface area (Å²) in [5, 5.41) is 0.446. The van der Waals surface area contributed by atoms with Crippen molar-refractivity contribution >= 4 is 23.1 Å². The maximum absolute atomic E-state index is 13.9. The van der Waals surface area contributed by atoms with Gasteiger partial charge in [-0.25, -0.2) is 4.39 Å². The molecule has 1 heterocycles. The van der Waals surface area contributed by atoms with Crippen LogP contribution >= 0.6 is 11.6 Å². The van der Waals surface area contributed by atoms with Gasteiger partial charge in [0.15, 0.2) is 5.78 Å². The lowest BCUT2D eigenvalue weighted by atomic mass is 10.1. The third-order valence-corrected chi connectivity index (χ3v) is 4.78. The molecule has 6 heteroatoms. The van der Waals surface area contributed by atoms with Crippen molar-refractivity contribution in [3.63, 3.8) is 0 Å². The summed E-state index contributed by atoms with van der Waals surface area (Å²) in [6, 6.07) is 11.9. The van der Waals surface area contributed by atoms with Crippen LogP contribution in [0.25, 0.3) is 0 Å². The zero-order valence-electron chi connectivity index (χ0n) is 14.8. The standard InChI is InChI=1S/C20H22ClFN2O2/c1-2-26-20-8-7-15(13-16(20)21)19(25)14-23-9-11-24(12-10-23)18-6-4-3-5-17(18)22/h3-8,13H,2,9-12,14H2,1H3. The van der Waals surface area contributed by atoms with Crippen molar-refractivity contribution in [2.45, 2.75) is 6.92 Å². The summed E-state index contributed by atoms with van der Waals surface area (Å²) in [5.41, 5.74) is 1.20. The van der Waals surface area contributed by atoms with E-state index in [2.05, 4.69) is 4.90 Å². The molecule has 1 aliphatic heterocycles. The number of nitrogens with zero attached hydrogens (tertiary/aromatic N) is 2.